The normalized spacial score (nSPS) is 27.7. The highest BCUT2D eigenvalue weighted by Crippen LogP contribution is 2.32. The Morgan fingerprint density at radius 1 is 1.52 bits per heavy atom. The van der Waals surface area contributed by atoms with E-state index >= 15 is 0 Å². The Hall–Kier alpha value is -1.78. The molecule has 0 radical (unpaired) electrons. The molecular formula is C16H23NO4. The minimum Gasteiger partial charge on any atom is -0.481 e. The van der Waals surface area contributed by atoms with Crippen LogP contribution in [0.15, 0.2) is 22.8 Å². The highest BCUT2D eigenvalue weighted by Gasteiger charge is 2.43. The topological polar surface area (TPSA) is 70.8 Å². The van der Waals surface area contributed by atoms with Crippen LogP contribution in [0.3, 0.4) is 0 Å². The molecular weight excluding hydrogens is 270 g/mol. The molecule has 1 aromatic heterocycles. The fraction of sp³-hybridized carbons (Fsp3) is 0.625. The van der Waals surface area contributed by atoms with Gasteiger partial charge in [-0.05, 0) is 38.3 Å². The third-order valence-corrected chi connectivity index (χ3v) is 4.50. The van der Waals surface area contributed by atoms with Crippen molar-refractivity contribution in [1.29, 1.82) is 0 Å². The molecule has 1 aliphatic rings. The number of piperidine rings is 1. The number of rotatable bonds is 5. The van der Waals surface area contributed by atoms with E-state index < -0.39 is 11.9 Å². The van der Waals surface area contributed by atoms with Crippen molar-refractivity contribution in [1.82, 2.24) is 4.90 Å². The summed E-state index contributed by atoms with van der Waals surface area (Å²) in [5, 5.41) is 9.39. The van der Waals surface area contributed by atoms with Crippen LogP contribution in [0.1, 0.15) is 39.4 Å². The minimum atomic E-state index is -0.814. The predicted octanol–water partition coefficient (Wildman–Crippen LogP) is 2.56. The number of likely N-dealkylation sites (tertiary alicyclic amines) is 1. The van der Waals surface area contributed by atoms with Crippen molar-refractivity contribution in [3.63, 3.8) is 0 Å². The van der Waals surface area contributed by atoms with Gasteiger partial charge in [0.1, 0.15) is 5.76 Å². The second-order valence-electron chi connectivity index (χ2n) is 6.05. The first-order valence-electron chi connectivity index (χ1n) is 7.48. The highest BCUT2D eigenvalue weighted by molar-refractivity contribution is 5.82. The lowest BCUT2D eigenvalue weighted by molar-refractivity contribution is -0.156. The fourth-order valence-electron chi connectivity index (χ4n) is 3.43. The van der Waals surface area contributed by atoms with Crippen LogP contribution >= 0.6 is 0 Å². The predicted molar refractivity (Wildman–Crippen MR) is 77.7 cm³/mol. The van der Waals surface area contributed by atoms with E-state index in [1.54, 1.807) is 11.2 Å². The Labute approximate surface area is 124 Å². The van der Waals surface area contributed by atoms with Gasteiger partial charge in [-0.25, -0.2) is 0 Å². The molecule has 1 N–H and O–H groups in total. The SMILES string of the molecule is CC1CC(=O)N(C(C)CCc2ccco2)C(C)C1C(=O)O. The van der Waals surface area contributed by atoms with E-state index in [4.69, 9.17) is 4.42 Å². The van der Waals surface area contributed by atoms with Crippen LogP contribution in [-0.2, 0) is 16.0 Å². The zero-order chi connectivity index (χ0) is 15.6. The first kappa shape index (κ1) is 15.6. The molecule has 1 aromatic rings. The monoisotopic (exact) mass is 293 g/mol. The molecule has 0 aliphatic carbocycles. The summed E-state index contributed by atoms with van der Waals surface area (Å²) in [5.74, 6) is -0.473. The summed E-state index contributed by atoms with van der Waals surface area (Å²) >= 11 is 0. The van der Waals surface area contributed by atoms with Crippen molar-refractivity contribution in [3.05, 3.63) is 24.2 Å². The lowest BCUT2D eigenvalue weighted by Crippen LogP contribution is -2.55. The van der Waals surface area contributed by atoms with Gasteiger partial charge in [0, 0.05) is 24.9 Å². The van der Waals surface area contributed by atoms with Crippen LogP contribution in [0, 0.1) is 11.8 Å². The number of furan rings is 1. The first-order valence-corrected chi connectivity index (χ1v) is 7.48. The maximum absolute atomic E-state index is 12.3. The van der Waals surface area contributed by atoms with Crippen LogP contribution in [0.2, 0.25) is 0 Å². The Morgan fingerprint density at radius 3 is 2.81 bits per heavy atom. The Balaban J connectivity index is 2.05. The zero-order valence-corrected chi connectivity index (χ0v) is 12.8. The van der Waals surface area contributed by atoms with E-state index in [-0.39, 0.29) is 23.9 Å². The molecule has 1 saturated heterocycles. The molecule has 5 nitrogen and oxygen atoms in total. The molecule has 5 heteroatoms. The van der Waals surface area contributed by atoms with Crippen LogP contribution in [-0.4, -0.2) is 34.0 Å². The van der Waals surface area contributed by atoms with Crippen LogP contribution < -0.4 is 0 Å². The molecule has 2 heterocycles. The van der Waals surface area contributed by atoms with Gasteiger partial charge in [-0.15, -0.1) is 0 Å². The number of carboxylic acids is 1. The zero-order valence-electron chi connectivity index (χ0n) is 12.8. The maximum Gasteiger partial charge on any atom is 0.308 e. The number of amides is 1. The van der Waals surface area contributed by atoms with Gasteiger partial charge < -0.3 is 14.4 Å². The van der Waals surface area contributed by atoms with E-state index in [0.29, 0.717) is 6.42 Å². The Morgan fingerprint density at radius 2 is 2.24 bits per heavy atom. The quantitative estimate of drug-likeness (QED) is 0.905. The third kappa shape index (κ3) is 3.28. The lowest BCUT2D eigenvalue weighted by Gasteiger charge is -2.44. The van der Waals surface area contributed by atoms with Crippen molar-refractivity contribution in [2.24, 2.45) is 11.8 Å². The van der Waals surface area contributed by atoms with E-state index in [9.17, 15) is 14.7 Å². The Bertz CT molecular complexity index is 496. The number of carbonyl (C=O) groups is 2. The number of carboxylic acid groups (broad SMARTS) is 1. The van der Waals surface area contributed by atoms with Gasteiger partial charge in [0.25, 0.3) is 0 Å². The molecule has 0 aromatic carbocycles. The number of aliphatic carboxylic acids is 1. The Kier molecular flexibility index (Phi) is 4.70. The number of hydrogen-bond donors (Lipinski definition) is 1. The van der Waals surface area contributed by atoms with Crippen molar-refractivity contribution in [3.8, 4) is 0 Å². The standard InChI is InChI=1S/C16H23NO4/c1-10-9-14(18)17(12(3)15(10)16(19)20)11(2)6-7-13-5-4-8-21-13/h4-5,8,10-12,15H,6-7,9H2,1-3H3,(H,19,20). The van der Waals surface area contributed by atoms with Gasteiger partial charge in [-0.1, -0.05) is 6.92 Å². The molecule has 0 bridgehead atoms. The molecule has 1 fully saturated rings. The number of aryl methyl sites for hydroxylation is 1. The van der Waals surface area contributed by atoms with Crippen LogP contribution in [0.4, 0.5) is 0 Å². The van der Waals surface area contributed by atoms with Crippen molar-refractivity contribution >= 4 is 11.9 Å². The molecule has 4 atom stereocenters. The number of nitrogens with zero attached hydrogens (tertiary/aromatic N) is 1. The molecule has 1 amide bonds. The summed E-state index contributed by atoms with van der Waals surface area (Å²) in [6.45, 7) is 5.67. The van der Waals surface area contributed by atoms with Crippen molar-refractivity contribution in [2.75, 3.05) is 0 Å². The fourth-order valence-corrected chi connectivity index (χ4v) is 3.43. The second kappa shape index (κ2) is 6.33. The average molecular weight is 293 g/mol. The minimum absolute atomic E-state index is 0.00644. The van der Waals surface area contributed by atoms with Crippen molar-refractivity contribution < 1.29 is 19.1 Å². The molecule has 0 saturated carbocycles. The van der Waals surface area contributed by atoms with Gasteiger partial charge in [0.2, 0.25) is 5.91 Å². The van der Waals surface area contributed by atoms with Crippen molar-refractivity contribution in [2.45, 2.75) is 52.1 Å². The van der Waals surface area contributed by atoms with Crippen LogP contribution in [0.5, 0.6) is 0 Å². The summed E-state index contributed by atoms with van der Waals surface area (Å²) in [6, 6.07) is 3.49. The molecule has 1 aliphatic heterocycles. The van der Waals surface area contributed by atoms with Gasteiger partial charge in [-0.2, -0.15) is 0 Å². The summed E-state index contributed by atoms with van der Waals surface area (Å²) in [4.78, 5) is 25.5. The van der Waals surface area contributed by atoms with Gasteiger partial charge in [0.15, 0.2) is 0 Å². The van der Waals surface area contributed by atoms with Gasteiger partial charge >= 0.3 is 5.97 Å². The maximum atomic E-state index is 12.3. The van der Waals surface area contributed by atoms with E-state index in [2.05, 4.69) is 0 Å². The first-order chi connectivity index (χ1) is 9.91. The number of carbonyl (C=O) groups excluding carboxylic acids is 1. The molecule has 4 unspecified atom stereocenters. The molecule has 0 spiro atoms. The second-order valence-corrected chi connectivity index (χ2v) is 6.05. The third-order valence-electron chi connectivity index (χ3n) is 4.50. The van der Waals surface area contributed by atoms with E-state index in [1.807, 2.05) is 32.9 Å². The average Bonchev–Trinajstić information content (AvgIpc) is 2.88. The largest absolute Gasteiger partial charge is 0.481 e. The molecule has 116 valence electrons. The summed E-state index contributed by atoms with van der Waals surface area (Å²) in [6.07, 6.45) is 3.46. The van der Waals surface area contributed by atoms with Crippen LogP contribution in [0.25, 0.3) is 0 Å². The van der Waals surface area contributed by atoms with E-state index in [1.165, 1.54) is 0 Å². The summed E-state index contributed by atoms with van der Waals surface area (Å²) in [7, 11) is 0. The van der Waals surface area contributed by atoms with E-state index in [0.717, 1.165) is 18.6 Å². The summed E-state index contributed by atoms with van der Waals surface area (Å²) < 4.78 is 5.30. The molecule has 2 rings (SSSR count). The van der Waals surface area contributed by atoms with Gasteiger partial charge in [0.05, 0.1) is 12.2 Å². The summed E-state index contributed by atoms with van der Waals surface area (Å²) in [5.41, 5.74) is 0. The smallest absolute Gasteiger partial charge is 0.308 e. The molecule has 21 heavy (non-hydrogen) atoms. The number of hydrogen-bond acceptors (Lipinski definition) is 3. The highest BCUT2D eigenvalue weighted by atomic mass is 16.4. The lowest BCUT2D eigenvalue weighted by atomic mass is 9.80. The van der Waals surface area contributed by atoms with Gasteiger partial charge in [-0.3, -0.25) is 9.59 Å².